The van der Waals surface area contributed by atoms with Crippen molar-refractivity contribution in [2.45, 2.75) is 19.4 Å². The van der Waals surface area contributed by atoms with Crippen molar-refractivity contribution in [3.63, 3.8) is 0 Å². The highest BCUT2D eigenvalue weighted by Crippen LogP contribution is 2.31. The number of quaternary nitrogens is 1. The summed E-state index contributed by atoms with van der Waals surface area (Å²) < 4.78 is 4.85. The molecule has 0 atom stereocenters. The summed E-state index contributed by atoms with van der Waals surface area (Å²) in [5, 5.41) is 15.7. The standard InChI is InChI=1S/C25H26N2O4/c1-31-25(30)21-15-18-7-5-6-10-20(18)22(23(21)28)16-27-13-11-17(12-14-27)24(29)26-19-8-3-2-4-9-19/h2-10,15,17,28H,11-14,16H2,1H3,(H,26,29)/p+1. The van der Waals surface area contributed by atoms with Crippen molar-refractivity contribution in [2.75, 3.05) is 25.5 Å². The summed E-state index contributed by atoms with van der Waals surface area (Å²) in [4.78, 5) is 26.0. The second kappa shape index (κ2) is 9.18. The number of para-hydroxylation sites is 1. The zero-order valence-corrected chi connectivity index (χ0v) is 17.6. The van der Waals surface area contributed by atoms with E-state index in [2.05, 4.69) is 5.32 Å². The van der Waals surface area contributed by atoms with Crippen LogP contribution in [0.4, 0.5) is 5.69 Å². The van der Waals surface area contributed by atoms with Gasteiger partial charge in [-0.3, -0.25) is 4.79 Å². The first-order chi connectivity index (χ1) is 15.1. The zero-order chi connectivity index (χ0) is 21.8. The van der Waals surface area contributed by atoms with E-state index in [1.165, 1.54) is 12.0 Å². The first kappa shape index (κ1) is 20.9. The average Bonchev–Trinajstić information content (AvgIpc) is 2.81. The monoisotopic (exact) mass is 419 g/mol. The molecule has 1 saturated heterocycles. The highest BCUT2D eigenvalue weighted by atomic mass is 16.5. The van der Waals surface area contributed by atoms with E-state index in [4.69, 9.17) is 4.74 Å². The SMILES string of the molecule is COC(=O)c1cc2ccccc2c(C[NH+]2CCC(C(=O)Nc3ccccc3)CC2)c1O. The minimum atomic E-state index is -0.546. The van der Waals surface area contributed by atoms with Crippen molar-refractivity contribution >= 4 is 28.3 Å². The van der Waals surface area contributed by atoms with Gasteiger partial charge in [-0.1, -0.05) is 42.5 Å². The van der Waals surface area contributed by atoms with Crippen molar-refractivity contribution in [2.24, 2.45) is 5.92 Å². The Morgan fingerprint density at radius 1 is 1.06 bits per heavy atom. The molecule has 3 aromatic carbocycles. The van der Waals surface area contributed by atoms with Crippen molar-refractivity contribution < 1.29 is 24.3 Å². The maximum Gasteiger partial charge on any atom is 0.341 e. The van der Waals surface area contributed by atoms with E-state index in [0.717, 1.165) is 48.0 Å². The molecule has 1 aliphatic rings. The molecule has 31 heavy (non-hydrogen) atoms. The van der Waals surface area contributed by atoms with E-state index in [0.29, 0.717) is 6.54 Å². The van der Waals surface area contributed by atoms with Crippen LogP contribution in [-0.2, 0) is 16.1 Å². The number of likely N-dealkylation sites (tertiary alicyclic amines) is 1. The molecule has 6 nitrogen and oxygen atoms in total. The van der Waals surface area contributed by atoms with Gasteiger partial charge in [-0.15, -0.1) is 0 Å². The molecule has 0 bridgehead atoms. The van der Waals surface area contributed by atoms with Crippen LogP contribution in [0.5, 0.6) is 5.75 Å². The Bertz CT molecular complexity index is 1090. The van der Waals surface area contributed by atoms with E-state index >= 15 is 0 Å². The molecule has 3 N–H and O–H groups in total. The van der Waals surface area contributed by atoms with Gasteiger partial charge in [-0.05, 0) is 29.0 Å². The van der Waals surface area contributed by atoms with Gasteiger partial charge in [0.05, 0.1) is 25.8 Å². The molecule has 4 rings (SSSR count). The van der Waals surface area contributed by atoms with Crippen LogP contribution in [0.1, 0.15) is 28.8 Å². The summed E-state index contributed by atoms with van der Waals surface area (Å²) in [5.41, 5.74) is 1.76. The molecule has 0 radical (unpaired) electrons. The molecule has 0 saturated carbocycles. The minimum Gasteiger partial charge on any atom is -0.507 e. The maximum absolute atomic E-state index is 12.6. The van der Waals surface area contributed by atoms with Gasteiger partial charge in [0.1, 0.15) is 17.9 Å². The number of amides is 1. The van der Waals surface area contributed by atoms with Gasteiger partial charge in [0, 0.05) is 24.4 Å². The Morgan fingerprint density at radius 3 is 2.45 bits per heavy atom. The summed E-state index contributed by atoms with van der Waals surface area (Å²) in [5.74, 6) is -0.514. The number of rotatable bonds is 5. The average molecular weight is 420 g/mol. The van der Waals surface area contributed by atoms with E-state index in [-0.39, 0.29) is 23.1 Å². The summed E-state index contributed by atoms with van der Waals surface area (Å²) in [6.45, 7) is 2.23. The highest BCUT2D eigenvalue weighted by Gasteiger charge is 2.29. The van der Waals surface area contributed by atoms with Crippen LogP contribution in [0.2, 0.25) is 0 Å². The molecule has 0 unspecified atom stereocenters. The van der Waals surface area contributed by atoms with Crippen LogP contribution in [-0.4, -0.2) is 37.2 Å². The number of nitrogens with one attached hydrogen (secondary N) is 2. The van der Waals surface area contributed by atoms with Crippen LogP contribution in [0, 0.1) is 5.92 Å². The molecule has 0 spiro atoms. The number of esters is 1. The molecule has 0 aromatic heterocycles. The summed E-state index contributed by atoms with van der Waals surface area (Å²) >= 11 is 0. The fraction of sp³-hybridized carbons (Fsp3) is 0.280. The fourth-order valence-corrected chi connectivity index (χ4v) is 4.34. The van der Waals surface area contributed by atoms with Gasteiger partial charge >= 0.3 is 5.97 Å². The predicted octanol–water partition coefficient (Wildman–Crippen LogP) is 2.77. The number of aromatic hydroxyl groups is 1. The highest BCUT2D eigenvalue weighted by molar-refractivity contribution is 6.00. The smallest absolute Gasteiger partial charge is 0.341 e. The van der Waals surface area contributed by atoms with Crippen LogP contribution >= 0.6 is 0 Å². The lowest BCUT2D eigenvalue weighted by Gasteiger charge is -2.29. The summed E-state index contributed by atoms with van der Waals surface area (Å²) in [6, 6.07) is 18.9. The molecule has 1 heterocycles. The van der Waals surface area contributed by atoms with Crippen molar-refractivity contribution in [3.05, 3.63) is 71.8 Å². The summed E-state index contributed by atoms with van der Waals surface area (Å²) in [6.07, 6.45) is 1.56. The predicted molar refractivity (Wildman–Crippen MR) is 119 cm³/mol. The quantitative estimate of drug-likeness (QED) is 0.556. The molecular weight excluding hydrogens is 392 g/mol. The number of benzene rings is 3. The Labute approximate surface area is 181 Å². The number of anilines is 1. The molecule has 1 aliphatic heterocycles. The lowest BCUT2D eigenvalue weighted by Crippen LogP contribution is -3.11. The van der Waals surface area contributed by atoms with E-state index in [1.807, 2.05) is 54.6 Å². The number of hydrogen-bond donors (Lipinski definition) is 3. The molecule has 0 aliphatic carbocycles. The van der Waals surface area contributed by atoms with Gasteiger partial charge in [0.15, 0.2) is 0 Å². The van der Waals surface area contributed by atoms with E-state index in [9.17, 15) is 14.7 Å². The third-order valence-electron chi connectivity index (χ3n) is 6.06. The lowest BCUT2D eigenvalue weighted by molar-refractivity contribution is -0.919. The van der Waals surface area contributed by atoms with Gasteiger partial charge < -0.3 is 20.1 Å². The molecule has 3 aromatic rings. The lowest BCUT2D eigenvalue weighted by atomic mass is 9.94. The summed E-state index contributed by atoms with van der Waals surface area (Å²) in [7, 11) is 1.31. The Morgan fingerprint density at radius 2 is 1.74 bits per heavy atom. The van der Waals surface area contributed by atoms with Gasteiger partial charge in [0.25, 0.3) is 0 Å². The van der Waals surface area contributed by atoms with Crippen LogP contribution in [0.3, 0.4) is 0 Å². The molecular formula is C25H27N2O4+. The van der Waals surface area contributed by atoms with Gasteiger partial charge in [0.2, 0.25) is 5.91 Å². The number of hydrogen-bond acceptors (Lipinski definition) is 4. The van der Waals surface area contributed by atoms with Crippen molar-refractivity contribution in [1.29, 1.82) is 0 Å². The van der Waals surface area contributed by atoms with Crippen LogP contribution < -0.4 is 10.2 Å². The van der Waals surface area contributed by atoms with Crippen LogP contribution in [0.25, 0.3) is 10.8 Å². The van der Waals surface area contributed by atoms with Crippen molar-refractivity contribution in [1.82, 2.24) is 0 Å². The number of methoxy groups -OCH3 is 1. The van der Waals surface area contributed by atoms with Crippen LogP contribution in [0.15, 0.2) is 60.7 Å². The largest absolute Gasteiger partial charge is 0.507 e. The third kappa shape index (κ3) is 4.54. The van der Waals surface area contributed by atoms with Crippen molar-refractivity contribution in [3.8, 4) is 5.75 Å². The number of phenols is 1. The number of fused-ring (bicyclic) bond motifs is 1. The third-order valence-corrected chi connectivity index (χ3v) is 6.06. The van der Waals surface area contributed by atoms with E-state index < -0.39 is 5.97 Å². The first-order valence-corrected chi connectivity index (χ1v) is 10.6. The Balaban J connectivity index is 1.47. The molecule has 6 heteroatoms. The Kier molecular flexibility index (Phi) is 6.18. The minimum absolute atomic E-state index is 0.0120. The number of carbonyl (C=O) groups is 2. The first-order valence-electron chi connectivity index (χ1n) is 10.6. The molecule has 1 fully saturated rings. The number of piperidine rings is 1. The fourth-order valence-electron chi connectivity index (χ4n) is 4.34. The molecule has 160 valence electrons. The van der Waals surface area contributed by atoms with Gasteiger partial charge in [-0.25, -0.2) is 4.79 Å². The number of phenolic OH excluding ortho intramolecular Hbond substituents is 1. The maximum atomic E-state index is 12.6. The number of ether oxygens (including phenoxy) is 1. The number of carbonyl (C=O) groups excluding carboxylic acids is 2. The topological polar surface area (TPSA) is 80.1 Å². The van der Waals surface area contributed by atoms with Gasteiger partial charge in [-0.2, -0.15) is 0 Å². The zero-order valence-electron chi connectivity index (χ0n) is 17.6. The second-order valence-electron chi connectivity index (χ2n) is 8.02. The molecule has 1 amide bonds. The normalized spacial score (nSPS) is 18.5. The second-order valence-corrected chi connectivity index (χ2v) is 8.02. The Hall–Kier alpha value is -3.38. The van der Waals surface area contributed by atoms with E-state index in [1.54, 1.807) is 6.07 Å².